The van der Waals surface area contributed by atoms with Crippen LogP contribution in [0.25, 0.3) is 0 Å². The van der Waals surface area contributed by atoms with Crippen molar-refractivity contribution in [3.05, 3.63) is 11.0 Å². The first-order chi connectivity index (χ1) is 3.31. The lowest BCUT2D eigenvalue weighted by Gasteiger charge is -1.79. The third kappa shape index (κ3) is 3.59. The molecule has 7 heavy (non-hydrogen) atoms. The summed E-state index contributed by atoms with van der Waals surface area (Å²) >= 11 is 4.02. The topological polar surface area (TPSA) is 12.4 Å². The van der Waals surface area contributed by atoms with E-state index in [1.165, 1.54) is 0 Å². The molecule has 0 aliphatic carbocycles. The Kier molecular flexibility index (Phi) is 3.80. The standard InChI is InChI=1S/C5H9NS/c1-3-5(7)4-6-2/h3-4,7H,1-2H3/b5-3+,6-4-. The molecule has 0 saturated heterocycles. The van der Waals surface area contributed by atoms with Crippen LogP contribution in [0.4, 0.5) is 0 Å². The van der Waals surface area contributed by atoms with Crippen molar-refractivity contribution in [2.24, 2.45) is 4.99 Å². The SMILES string of the molecule is C/C=C(S)\C=N/C. The summed E-state index contributed by atoms with van der Waals surface area (Å²) in [5.74, 6) is 0. The van der Waals surface area contributed by atoms with Gasteiger partial charge in [-0.05, 0) is 6.92 Å². The molecule has 0 aromatic rings. The Hall–Kier alpha value is -0.240. The van der Waals surface area contributed by atoms with Gasteiger partial charge >= 0.3 is 0 Å². The van der Waals surface area contributed by atoms with Crippen LogP contribution in [0.3, 0.4) is 0 Å². The summed E-state index contributed by atoms with van der Waals surface area (Å²) in [7, 11) is 1.72. The van der Waals surface area contributed by atoms with Gasteiger partial charge in [0.15, 0.2) is 0 Å². The summed E-state index contributed by atoms with van der Waals surface area (Å²) in [5.41, 5.74) is 0. The second kappa shape index (κ2) is 3.93. The summed E-state index contributed by atoms with van der Waals surface area (Å²) in [5, 5.41) is 0. The number of allylic oxidation sites excluding steroid dienone is 2. The molecule has 0 atom stereocenters. The number of thiol groups is 1. The molecule has 0 saturated carbocycles. The van der Waals surface area contributed by atoms with Crippen molar-refractivity contribution in [3.8, 4) is 0 Å². The third-order valence-corrected chi connectivity index (χ3v) is 0.931. The van der Waals surface area contributed by atoms with Gasteiger partial charge in [-0.3, -0.25) is 4.99 Å². The van der Waals surface area contributed by atoms with E-state index in [0.717, 1.165) is 4.91 Å². The number of hydrogen-bond acceptors (Lipinski definition) is 2. The molecule has 0 aromatic carbocycles. The molecule has 0 spiro atoms. The molecule has 1 nitrogen and oxygen atoms in total. The lowest BCUT2D eigenvalue weighted by atomic mass is 10.5. The molecular formula is C5H9NS. The highest BCUT2D eigenvalue weighted by molar-refractivity contribution is 7.85. The lowest BCUT2D eigenvalue weighted by molar-refractivity contribution is 1.47. The van der Waals surface area contributed by atoms with Gasteiger partial charge in [0.1, 0.15) is 0 Å². The van der Waals surface area contributed by atoms with Crippen molar-refractivity contribution in [1.82, 2.24) is 0 Å². The van der Waals surface area contributed by atoms with Gasteiger partial charge in [-0.15, -0.1) is 12.6 Å². The number of hydrogen-bond donors (Lipinski definition) is 1. The van der Waals surface area contributed by atoms with Gasteiger partial charge in [-0.1, -0.05) is 6.08 Å². The number of aliphatic imine (C=N–C) groups is 1. The Morgan fingerprint density at radius 3 is 2.43 bits per heavy atom. The van der Waals surface area contributed by atoms with Crippen molar-refractivity contribution in [2.45, 2.75) is 6.92 Å². The van der Waals surface area contributed by atoms with Crippen LogP contribution in [0.15, 0.2) is 16.0 Å². The van der Waals surface area contributed by atoms with Crippen molar-refractivity contribution in [1.29, 1.82) is 0 Å². The second-order valence-corrected chi connectivity index (χ2v) is 1.62. The predicted octanol–water partition coefficient (Wildman–Crippen LogP) is 1.52. The molecule has 0 aliphatic heterocycles. The van der Waals surface area contributed by atoms with Crippen LogP contribution < -0.4 is 0 Å². The van der Waals surface area contributed by atoms with Crippen LogP contribution in [0, 0.1) is 0 Å². The fourth-order valence-electron chi connectivity index (χ4n) is 0.207. The van der Waals surface area contributed by atoms with Gasteiger partial charge in [0, 0.05) is 18.2 Å². The van der Waals surface area contributed by atoms with Crippen molar-refractivity contribution < 1.29 is 0 Å². The van der Waals surface area contributed by atoms with Gasteiger partial charge in [0.2, 0.25) is 0 Å². The van der Waals surface area contributed by atoms with Crippen LogP contribution in [0.5, 0.6) is 0 Å². The Morgan fingerprint density at radius 1 is 1.71 bits per heavy atom. The fraction of sp³-hybridized carbons (Fsp3) is 0.400. The first-order valence-corrected chi connectivity index (χ1v) is 2.53. The highest BCUT2D eigenvalue weighted by Crippen LogP contribution is 1.92. The quantitative estimate of drug-likeness (QED) is 0.393. The van der Waals surface area contributed by atoms with E-state index >= 15 is 0 Å². The minimum Gasteiger partial charge on any atom is -0.295 e. The Morgan fingerprint density at radius 2 is 2.29 bits per heavy atom. The van der Waals surface area contributed by atoms with E-state index in [2.05, 4.69) is 17.6 Å². The average Bonchev–Trinajstić information content (AvgIpc) is 1.68. The zero-order chi connectivity index (χ0) is 5.70. The Bertz CT molecular complexity index is 94.3. The van der Waals surface area contributed by atoms with Crippen LogP contribution in [-0.2, 0) is 0 Å². The molecule has 0 fully saturated rings. The average molecular weight is 115 g/mol. The summed E-state index contributed by atoms with van der Waals surface area (Å²) in [4.78, 5) is 4.64. The van der Waals surface area contributed by atoms with Crippen LogP contribution in [0.2, 0.25) is 0 Å². The van der Waals surface area contributed by atoms with Crippen molar-refractivity contribution in [2.75, 3.05) is 7.05 Å². The highest BCUT2D eigenvalue weighted by Gasteiger charge is 1.72. The molecule has 0 radical (unpaired) electrons. The van der Waals surface area contributed by atoms with E-state index in [4.69, 9.17) is 0 Å². The molecule has 0 amide bonds. The van der Waals surface area contributed by atoms with E-state index in [1.54, 1.807) is 13.3 Å². The molecular weight excluding hydrogens is 106 g/mol. The minimum absolute atomic E-state index is 0.905. The van der Waals surface area contributed by atoms with E-state index in [1.807, 2.05) is 13.0 Å². The molecule has 0 N–H and O–H groups in total. The van der Waals surface area contributed by atoms with Gasteiger partial charge in [-0.2, -0.15) is 0 Å². The number of rotatable bonds is 1. The maximum absolute atomic E-state index is 4.02. The zero-order valence-electron chi connectivity index (χ0n) is 4.55. The summed E-state index contributed by atoms with van der Waals surface area (Å²) in [6.45, 7) is 1.92. The van der Waals surface area contributed by atoms with Gasteiger partial charge < -0.3 is 0 Å². The molecule has 40 valence electrons. The number of nitrogens with zero attached hydrogens (tertiary/aromatic N) is 1. The van der Waals surface area contributed by atoms with Gasteiger partial charge in [-0.25, -0.2) is 0 Å². The molecule has 2 heteroatoms. The molecule has 0 bridgehead atoms. The van der Waals surface area contributed by atoms with E-state index in [-0.39, 0.29) is 0 Å². The second-order valence-electron chi connectivity index (χ2n) is 1.10. The van der Waals surface area contributed by atoms with E-state index in [0.29, 0.717) is 0 Å². The third-order valence-electron chi connectivity index (χ3n) is 0.557. The fourth-order valence-corrected chi connectivity index (χ4v) is 0.322. The monoisotopic (exact) mass is 115 g/mol. The summed E-state index contributed by atoms with van der Waals surface area (Å²) in [6.07, 6.45) is 3.58. The minimum atomic E-state index is 0.905. The maximum Gasteiger partial charge on any atom is 0.0339 e. The van der Waals surface area contributed by atoms with E-state index < -0.39 is 0 Å². The first-order valence-electron chi connectivity index (χ1n) is 2.08. The maximum atomic E-state index is 4.02. The molecule has 0 aromatic heterocycles. The Balaban J connectivity index is 3.58. The lowest BCUT2D eigenvalue weighted by Crippen LogP contribution is -1.68. The Labute approximate surface area is 49.6 Å². The van der Waals surface area contributed by atoms with Crippen LogP contribution in [-0.4, -0.2) is 13.3 Å². The molecule has 0 aliphatic rings. The molecule has 0 rings (SSSR count). The summed E-state index contributed by atoms with van der Waals surface area (Å²) < 4.78 is 0. The van der Waals surface area contributed by atoms with Crippen LogP contribution >= 0.6 is 12.6 Å². The van der Waals surface area contributed by atoms with Gasteiger partial charge in [0.25, 0.3) is 0 Å². The van der Waals surface area contributed by atoms with Crippen molar-refractivity contribution >= 4 is 18.8 Å². The van der Waals surface area contributed by atoms with Crippen LogP contribution in [0.1, 0.15) is 6.92 Å². The molecule has 0 heterocycles. The first kappa shape index (κ1) is 6.76. The predicted molar refractivity (Wildman–Crippen MR) is 37.2 cm³/mol. The zero-order valence-corrected chi connectivity index (χ0v) is 5.44. The van der Waals surface area contributed by atoms with Gasteiger partial charge in [0.05, 0.1) is 0 Å². The highest BCUT2D eigenvalue weighted by atomic mass is 32.1. The smallest absolute Gasteiger partial charge is 0.0339 e. The largest absolute Gasteiger partial charge is 0.295 e. The van der Waals surface area contributed by atoms with E-state index in [9.17, 15) is 0 Å². The van der Waals surface area contributed by atoms with Crippen molar-refractivity contribution in [3.63, 3.8) is 0 Å². The normalized spacial score (nSPS) is 13.3. The molecule has 0 unspecified atom stereocenters. The summed E-state index contributed by atoms with van der Waals surface area (Å²) in [6, 6.07) is 0.